The van der Waals surface area contributed by atoms with Crippen molar-refractivity contribution in [1.82, 2.24) is 19.6 Å². The Labute approximate surface area is 148 Å². The monoisotopic (exact) mass is 409 g/mol. The summed E-state index contributed by atoms with van der Waals surface area (Å²) in [6.07, 6.45) is 4.48. The zero-order chi connectivity index (χ0) is 17.3. The van der Waals surface area contributed by atoms with E-state index in [0.717, 1.165) is 10.0 Å². The van der Waals surface area contributed by atoms with E-state index in [-0.39, 0.29) is 4.90 Å². The molecule has 2 aromatic heterocycles. The molecule has 0 aliphatic rings. The third-order valence-corrected chi connectivity index (χ3v) is 5.64. The Balaban J connectivity index is 1.76. The van der Waals surface area contributed by atoms with Crippen LogP contribution in [0.4, 0.5) is 5.69 Å². The van der Waals surface area contributed by atoms with E-state index in [4.69, 9.17) is 0 Å². The summed E-state index contributed by atoms with van der Waals surface area (Å²) in [4.78, 5) is 0.158. The molecule has 3 rings (SSSR count). The summed E-state index contributed by atoms with van der Waals surface area (Å²) in [5.74, 6) is 0. The molecular formula is C15H16BrN5O2S. The SMILES string of the molecule is Cc1c(S(=O)(=O)Nc2cnn(Cc3ccc(Br)cc3)c2)cnn1C. The molecule has 0 amide bonds. The summed E-state index contributed by atoms with van der Waals surface area (Å²) in [6.45, 7) is 2.26. The molecule has 0 aliphatic carbocycles. The number of hydrogen-bond donors (Lipinski definition) is 1. The lowest BCUT2D eigenvalue weighted by Crippen LogP contribution is -2.13. The highest BCUT2D eigenvalue weighted by molar-refractivity contribution is 9.10. The number of rotatable bonds is 5. The Morgan fingerprint density at radius 2 is 1.88 bits per heavy atom. The maximum absolute atomic E-state index is 12.4. The maximum Gasteiger partial charge on any atom is 0.265 e. The van der Waals surface area contributed by atoms with Crippen LogP contribution in [0.5, 0.6) is 0 Å². The van der Waals surface area contributed by atoms with Gasteiger partial charge < -0.3 is 0 Å². The van der Waals surface area contributed by atoms with Gasteiger partial charge in [0.05, 0.1) is 30.3 Å². The van der Waals surface area contributed by atoms with Crippen molar-refractivity contribution in [1.29, 1.82) is 0 Å². The van der Waals surface area contributed by atoms with Gasteiger partial charge in [0.2, 0.25) is 0 Å². The molecule has 3 aromatic rings. The fourth-order valence-corrected chi connectivity index (χ4v) is 3.73. The van der Waals surface area contributed by atoms with E-state index < -0.39 is 10.0 Å². The number of benzene rings is 1. The second kappa shape index (κ2) is 6.40. The minimum absolute atomic E-state index is 0.158. The number of nitrogens with one attached hydrogen (secondary N) is 1. The van der Waals surface area contributed by atoms with Crippen molar-refractivity contribution in [3.8, 4) is 0 Å². The van der Waals surface area contributed by atoms with Crippen LogP contribution in [-0.4, -0.2) is 28.0 Å². The number of aromatic nitrogens is 4. The number of halogens is 1. The molecule has 7 nitrogen and oxygen atoms in total. The molecule has 2 heterocycles. The highest BCUT2D eigenvalue weighted by Gasteiger charge is 2.20. The van der Waals surface area contributed by atoms with Crippen molar-refractivity contribution < 1.29 is 8.42 Å². The smallest absolute Gasteiger partial charge is 0.265 e. The number of nitrogens with zero attached hydrogens (tertiary/aromatic N) is 4. The molecule has 0 saturated carbocycles. The molecule has 0 radical (unpaired) electrons. The van der Waals surface area contributed by atoms with Crippen molar-refractivity contribution in [2.45, 2.75) is 18.4 Å². The van der Waals surface area contributed by atoms with Crippen LogP contribution in [0.3, 0.4) is 0 Å². The second-order valence-electron chi connectivity index (χ2n) is 5.38. The van der Waals surface area contributed by atoms with Gasteiger partial charge >= 0.3 is 0 Å². The first-order chi connectivity index (χ1) is 11.3. The van der Waals surface area contributed by atoms with E-state index in [0.29, 0.717) is 17.9 Å². The predicted octanol–water partition coefficient (Wildman–Crippen LogP) is 2.54. The van der Waals surface area contributed by atoms with Crippen LogP contribution in [0.15, 0.2) is 52.2 Å². The Hall–Kier alpha value is -2.13. The Kier molecular flexibility index (Phi) is 4.46. The maximum atomic E-state index is 12.4. The van der Waals surface area contributed by atoms with Gasteiger partial charge in [0, 0.05) is 17.7 Å². The van der Waals surface area contributed by atoms with Gasteiger partial charge in [-0.15, -0.1) is 0 Å². The number of sulfonamides is 1. The predicted molar refractivity (Wildman–Crippen MR) is 94.2 cm³/mol. The number of anilines is 1. The van der Waals surface area contributed by atoms with Crippen LogP contribution in [0.25, 0.3) is 0 Å². The third-order valence-electron chi connectivity index (χ3n) is 3.62. The molecule has 0 bridgehead atoms. The van der Waals surface area contributed by atoms with Crippen LogP contribution >= 0.6 is 15.9 Å². The first-order valence-electron chi connectivity index (χ1n) is 7.13. The van der Waals surface area contributed by atoms with Gasteiger partial charge in [-0.05, 0) is 24.6 Å². The number of hydrogen-bond acceptors (Lipinski definition) is 4. The largest absolute Gasteiger partial charge is 0.276 e. The van der Waals surface area contributed by atoms with Crippen LogP contribution in [0, 0.1) is 6.92 Å². The van der Waals surface area contributed by atoms with E-state index in [2.05, 4.69) is 30.8 Å². The van der Waals surface area contributed by atoms with Crippen molar-refractivity contribution in [2.24, 2.45) is 7.05 Å². The Bertz CT molecular complexity index is 960. The molecule has 0 unspecified atom stereocenters. The first kappa shape index (κ1) is 16.7. The van der Waals surface area contributed by atoms with Gasteiger partial charge in [-0.2, -0.15) is 10.2 Å². The minimum atomic E-state index is -3.68. The lowest BCUT2D eigenvalue weighted by atomic mass is 10.2. The van der Waals surface area contributed by atoms with Gasteiger partial charge in [-0.1, -0.05) is 28.1 Å². The standard InChI is InChI=1S/C15H16BrN5O2S/c1-11-15(8-17-20(11)2)24(22,23)19-14-7-18-21(10-14)9-12-3-5-13(16)6-4-12/h3-8,10,19H,9H2,1-2H3. The van der Waals surface area contributed by atoms with Crippen molar-refractivity contribution >= 4 is 31.6 Å². The number of aryl methyl sites for hydroxylation is 1. The topological polar surface area (TPSA) is 81.8 Å². The quantitative estimate of drug-likeness (QED) is 0.701. The van der Waals surface area contributed by atoms with E-state index in [1.165, 1.54) is 17.1 Å². The summed E-state index contributed by atoms with van der Waals surface area (Å²) in [6, 6.07) is 7.87. The van der Waals surface area contributed by atoms with Gasteiger partial charge in [0.25, 0.3) is 10.0 Å². The summed E-state index contributed by atoms with van der Waals surface area (Å²) in [5, 5.41) is 8.16. The normalized spacial score (nSPS) is 11.6. The second-order valence-corrected chi connectivity index (χ2v) is 7.94. The Morgan fingerprint density at radius 1 is 1.17 bits per heavy atom. The van der Waals surface area contributed by atoms with E-state index >= 15 is 0 Å². The highest BCUT2D eigenvalue weighted by atomic mass is 79.9. The zero-order valence-corrected chi connectivity index (χ0v) is 15.5. The highest BCUT2D eigenvalue weighted by Crippen LogP contribution is 2.18. The molecule has 9 heteroatoms. The molecule has 1 aromatic carbocycles. The molecule has 0 fully saturated rings. The van der Waals surface area contributed by atoms with Gasteiger partial charge in [-0.25, -0.2) is 8.42 Å². The third kappa shape index (κ3) is 3.51. The van der Waals surface area contributed by atoms with Gasteiger partial charge in [0.15, 0.2) is 0 Å². The molecule has 0 aliphatic heterocycles. The summed E-state index contributed by atoms with van der Waals surface area (Å²) in [7, 11) is -1.98. The molecule has 1 N–H and O–H groups in total. The molecular weight excluding hydrogens is 394 g/mol. The van der Waals surface area contributed by atoms with E-state index in [9.17, 15) is 8.42 Å². The fraction of sp³-hybridized carbons (Fsp3) is 0.200. The van der Waals surface area contributed by atoms with Crippen LogP contribution < -0.4 is 4.72 Å². The fourth-order valence-electron chi connectivity index (χ4n) is 2.23. The lowest BCUT2D eigenvalue weighted by Gasteiger charge is -2.05. The van der Waals surface area contributed by atoms with Crippen LogP contribution in [0.1, 0.15) is 11.3 Å². The van der Waals surface area contributed by atoms with Gasteiger partial charge in [0.1, 0.15) is 4.90 Å². The van der Waals surface area contributed by atoms with E-state index in [1.54, 1.807) is 24.9 Å². The van der Waals surface area contributed by atoms with Gasteiger partial charge in [-0.3, -0.25) is 14.1 Å². The van der Waals surface area contributed by atoms with Crippen molar-refractivity contribution in [2.75, 3.05) is 4.72 Å². The minimum Gasteiger partial charge on any atom is -0.276 e. The Morgan fingerprint density at radius 3 is 2.50 bits per heavy atom. The van der Waals surface area contributed by atoms with Crippen molar-refractivity contribution in [3.05, 3.63) is 58.6 Å². The average molecular weight is 410 g/mol. The van der Waals surface area contributed by atoms with Crippen LogP contribution in [0.2, 0.25) is 0 Å². The zero-order valence-electron chi connectivity index (χ0n) is 13.1. The summed E-state index contributed by atoms with van der Waals surface area (Å²) >= 11 is 3.39. The first-order valence-corrected chi connectivity index (χ1v) is 9.41. The van der Waals surface area contributed by atoms with E-state index in [1.807, 2.05) is 24.3 Å². The molecule has 126 valence electrons. The lowest BCUT2D eigenvalue weighted by molar-refractivity contribution is 0.600. The molecule has 0 spiro atoms. The molecule has 24 heavy (non-hydrogen) atoms. The average Bonchev–Trinajstić information content (AvgIpc) is 3.09. The summed E-state index contributed by atoms with van der Waals surface area (Å²) in [5.41, 5.74) is 2.05. The molecule has 0 saturated heterocycles. The van der Waals surface area contributed by atoms with Crippen molar-refractivity contribution in [3.63, 3.8) is 0 Å². The molecule has 0 atom stereocenters. The van der Waals surface area contributed by atoms with Crippen LogP contribution in [-0.2, 0) is 23.6 Å². The summed E-state index contributed by atoms with van der Waals surface area (Å²) < 4.78 is 31.6.